The number of piperidine rings is 1. The van der Waals surface area contributed by atoms with Crippen molar-refractivity contribution in [3.63, 3.8) is 0 Å². The molecule has 6 heteroatoms. The third kappa shape index (κ3) is 2.72. The number of nitrogens with zero attached hydrogens (tertiary/aromatic N) is 1. The van der Waals surface area contributed by atoms with Crippen LogP contribution in [0.5, 0.6) is 11.5 Å². The number of rotatable bonds is 4. The monoisotopic (exact) mass is 458 g/mol. The van der Waals surface area contributed by atoms with Crippen molar-refractivity contribution in [1.82, 2.24) is 10.2 Å². The van der Waals surface area contributed by atoms with Crippen molar-refractivity contribution in [2.75, 3.05) is 20.7 Å². The van der Waals surface area contributed by atoms with E-state index in [9.17, 15) is 9.59 Å². The first-order valence-electron chi connectivity index (χ1n) is 12.1. The first kappa shape index (κ1) is 21.4. The third-order valence-electron chi connectivity index (χ3n) is 8.64. The lowest BCUT2D eigenvalue weighted by Gasteiger charge is -2.64. The summed E-state index contributed by atoms with van der Waals surface area (Å²) in [6.45, 7) is 2.90. The zero-order chi connectivity index (χ0) is 23.7. The molecule has 2 aliphatic carbocycles. The van der Waals surface area contributed by atoms with E-state index < -0.39 is 17.1 Å². The lowest BCUT2D eigenvalue weighted by Crippen LogP contribution is -2.81. The number of benzene rings is 2. The zero-order valence-corrected chi connectivity index (χ0v) is 19.9. The normalized spacial score (nSPS) is 31.2. The van der Waals surface area contributed by atoms with Gasteiger partial charge >= 0.3 is 0 Å². The molecular weight excluding hydrogens is 428 g/mol. The van der Waals surface area contributed by atoms with Crippen molar-refractivity contribution in [1.29, 1.82) is 0 Å². The van der Waals surface area contributed by atoms with Gasteiger partial charge in [0.15, 0.2) is 23.4 Å². The maximum absolute atomic E-state index is 13.4. The highest BCUT2D eigenvalue weighted by Gasteiger charge is 2.73. The van der Waals surface area contributed by atoms with Crippen LogP contribution in [0.2, 0.25) is 0 Å². The number of carbonyl (C=O) groups excluding carboxylic acids is 2. The topological polar surface area (TPSA) is 67.9 Å². The molecule has 176 valence electrons. The van der Waals surface area contributed by atoms with Gasteiger partial charge in [0.25, 0.3) is 0 Å². The van der Waals surface area contributed by atoms with Crippen molar-refractivity contribution in [2.45, 2.75) is 55.7 Å². The number of likely N-dealkylation sites (tertiary alicyclic amines) is 1. The number of ether oxygens (including phenoxy) is 2. The number of carbonyl (C=O) groups is 2. The van der Waals surface area contributed by atoms with Crippen LogP contribution in [0.4, 0.5) is 0 Å². The Labute approximate surface area is 199 Å². The lowest BCUT2D eigenvalue weighted by molar-refractivity contribution is -0.147. The summed E-state index contributed by atoms with van der Waals surface area (Å²) in [7, 11) is 3.76. The van der Waals surface area contributed by atoms with E-state index in [1.807, 2.05) is 43.3 Å². The fourth-order valence-electron chi connectivity index (χ4n) is 7.10. The van der Waals surface area contributed by atoms with Gasteiger partial charge in [-0.1, -0.05) is 35.9 Å². The Morgan fingerprint density at radius 3 is 2.76 bits per heavy atom. The van der Waals surface area contributed by atoms with Gasteiger partial charge in [-0.05, 0) is 63.0 Å². The quantitative estimate of drug-likeness (QED) is 0.713. The number of hydrogen-bond acceptors (Lipinski definition) is 5. The zero-order valence-electron chi connectivity index (χ0n) is 19.9. The number of ketones is 1. The summed E-state index contributed by atoms with van der Waals surface area (Å²) in [4.78, 5) is 29.0. The molecule has 2 bridgehead atoms. The van der Waals surface area contributed by atoms with Gasteiger partial charge < -0.3 is 19.7 Å². The molecule has 6 nitrogen and oxygen atoms in total. The van der Waals surface area contributed by atoms with E-state index in [0.717, 1.165) is 30.5 Å². The Morgan fingerprint density at radius 2 is 2.00 bits per heavy atom. The Hall–Kier alpha value is -3.12. The number of methoxy groups -OCH3 is 1. The molecule has 4 atom stereocenters. The van der Waals surface area contributed by atoms with Crippen molar-refractivity contribution in [2.24, 2.45) is 0 Å². The van der Waals surface area contributed by atoms with Gasteiger partial charge in [0, 0.05) is 24.1 Å². The molecular formula is C28H30N2O4. The minimum atomic E-state index is -0.593. The Balaban J connectivity index is 1.46. The van der Waals surface area contributed by atoms with Crippen LogP contribution < -0.4 is 14.8 Å². The molecule has 0 unspecified atom stereocenters. The minimum Gasteiger partial charge on any atom is -0.493 e. The summed E-state index contributed by atoms with van der Waals surface area (Å²) in [5.41, 5.74) is 3.28. The second kappa shape index (κ2) is 7.44. The maximum Gasteiger partial charge on any atom is 0.244 e. The van der Waals surface area contributed by atoms with Gasteiger partial charge in [-0.25, -0.2) is 0 Å². The van der Waals surface area contributed by atoms with Crippen molar-refractivity contribution >= 4 is 17.8 Å². The Morgan fingerprint density at radius 1 is 1.21 bits per heavy atom. The highest BCUT2D eigenvalue weighted by Crippen LogP contribution is 2.64. The van der Waals surface area contributed by atoms with Gasteiger partial charge in [-0.15, -0.1) is 0 Å². The van der Waals surface area contributed by atoms with Gasteiger partial charge in [0.2, 0.25) is 5.91 Å². The second-order valence-electron chi connectivity index (χ2n) is 10.2. The molecule has 2 aliphatic heterocycles. The Bertz CT molecular complexity index is 1220. The summed E-state index contributed by atoms with van der Waals surface area (Å²) in [5.74, 6) is 1.34. The summed E-state index contributed by atoms with van der Waals surface area (Å²) < 4.78 is 12.1. The number of aryl methyl sites for hydroxylation is 1. The summed E-state index contributed by atoms with van der Waals surface area (Å²) in [5, 5.41) is 3.46. The fraction of sp³-hybridized carbons (Fsp3) is 0.429. The molecule has 2 heterocycles. The highest BCUT2D eigenvalue weighted by atomic mass is 16.5. The number of nitrogens with one attached hydrogen (secondary N) is 1. The molecule has 1 amide bonds. The molecule has 0 radical (unpaired) electrons. The average Bonchev–Trinajstić information content (AvgIpc) is 3.19. The predicted molar refractivity (Wildman–Crippen MR) is 129 cm³/mol. The van der Waals surface area contributed by atoms with Crippen LogP contribution in [0.15, 0.2) is 42.5 Å². The molecule has 1 saturated heterocycles. The fourth-order valence-corrected chi connectivity index (χ4v) is 7.10. The first-order chi connectivity index (χ1) is 16.4. The van der Waals surface area contributed by atoms with E-state index in [0.29, 0.717) is 24.3 Å². The maximum atomic E-state index is 13.4. The molecule has 1 saturated carbocycles. The van der Waals surface area contributed by atoms with Gasteiger partial charge in [-0.2, -0.15) is 0 Å². The van der Waals surface area contributed by atoms with E-state index >= 15 is 0 Å². The molecule has 1 spiro atoms. The summed E-state index contributed by atoms with van der Waals surface area (Å²) in [6, 6.07) is 12.2. The largest absolute Gasteiger partial charge is 0.493 e. The number of amides is 1. The average molecular weight is 459 g/mol. The molecule has 2 aromatic carbocycles. The molecule has 4 aliphatic rings. The van der Waals surface area contributed by atoms with Gasteiger partial charge in [-0.3, -0.25) is 9.59 Å². The van der Waals surface area contributed by atoms with Crippen LogP contribution in [0.1, 0.15) is 41.5 Å². The van der Waals surface area contributed by atoms with E-state index in [4.69, 9.17) is 9.47 Å². The lowest BCUT2D eigenvalue weighted by atomic mass is 9.47. The molecule has 6 rings (SSSR count). The van der Waals surface area contributed by atoms with E-state index in [2.05, 4.69) is 23.3 Å². The molecule has 34 heavy (non-hydrogen) atoms. The van der Waals surface area contributed by atoms with Crippen LogP contribution in [-0.4, -0.2) is 55.0 Å². The van der Waals surface area contributed by atoms with Crippen LogP contribution in [0, 0.1) is 6.92 Å². The van der Waals surface area contributed by atoms with Crippen LogP contribution >= 0.6 is 0 Å². The van der Waals surface area contributed by atoms with Gasteiger partial charge in [0.1, 0.15) is 0 Å². The molecule has 1 N–H and O–H groups in total. The number of hydrogen-bond donors (Lipinski definition) is 1. The van der Waals surface area contributed by atoms with Crippen LogP contribution in [-0.2, 0) is 21.4 Å². The van der Waals surface area contributed by atoms with Crippen molar-refractivity contribution in [3.05, 3.63) is 64.7 Å². The number of Topliss-reactive ketones (excluding diaryl/α,β-unsaturated/α-hetero) is 1. The van der Waals surface area contributed by atoms with Crippen molar-refractivity contribution in [3.8, 4) is 11.5 Å². The molecule has 0 aromatic heterocycles. The summed E-state index contributed by atoms with van der Waals surface area (Å²) in [6.07, 6.45) is 5.44. The van der Waals surface area contributed by atoms with Gasteiger partial charge in [0.05, 0.1) is 18.1 Å². The highest BCUT2D eigenvalue weighted by molar-refractivity contribution is 5.95. The van der Waals surface area contributed by atoms with Crippen LogP contribution in [0.3, 0.4) is 0 Å². The van der Waals surface area contributed by atoms with E-state index in [1.54, 1.807) is 13.2 Å². The molecule has 2 aromatic rings. The Kier molecular flexibility index (Phi) is 4.69. The first-order valence-corrected chi connectivity index (χ1v) is 12.1. The standard InChI is InChI=1S/C28H30N2O4/c1-17-4-6-18(7-5-17)8-11-23(32)29-28-13-12-20(31)26-27(28)14-15-30(2)22(28)16-19-9-10-21(33-3)25(34-26)24(19)27/h4-11,22,26H,12-16H2,1-3H3,(H,29,32)/b11-8+/t22-,26+,27+,28-/m1/s1. The molecule has 2 fully saturated rings. The van der Waals surface area contributed by atoms with E-state index in [1.165, 1.54) is 11.1 Å². The third-order valence-corrected chi connectivity index (χ3v) is 8.64. The summed E-state index contributed by atoms with van der Waals surface area (Å²) >= 11 is 0. The SMILES string of the molecule is COc1ccc2c3c1O[C@H]1C(=O)CC[C@@]4(NC(=O)/C=C/c5ccc(C)cc5)[C@@H](C2)N(C)CC[C@]314. The van der Waals surface area contributed by atoms with Crippen molar-refractivity contribution < 1.29 is 19.1 Å². The number of likely N-dealkylation sites (N-methyl/N-ethyl adjacent to an activating group) is 1. The predicted octanol–water partition coefficient (Wildman–Crippen LogP) is 3.19. The van der Waals surface area contributed by atoms with Crippen LogP contribution in [0.25, 0.3) is 6.08 Å². The smallest absolute Gasteiger partial charge is 0.244 e. The minimum absolute atomic E-state index is 0.0871. The second-order valence-corrected chi connectivity index (χ2v) is 10.2. The van der Waals surface area contributed by atoms with E-state index in [-0.39, 0.29) is 17.7 Å².